The van der Waals surface area contributed by atoms with Gasteiger partial charge in [-0.15, -0.1) is 0 Å². The van der Waals surface area contributed by atoms with Crippen molar-refractivity contribution in [3.63, 3.8) is 0 Å². The maximum Gasteiger partial charge on any atom is 0.521 e. The van der Waals surface area contributed by atoms with Crippen molar-refractivity contribution in [1.29, 1.82) is 0 Å². The maximum atomic E-state index is 13.0. The number of hydrogen-bond acceptors (Lipinski definition) is 6. The lowest BCUT2D eigenvalue weighted by molar-refractivity contribution is -0.795. The molecule has 1 unspecified atom stereocenters. The Morgan fingerprint density at radius 2 is 1.85 bits per heavy atom. The Hall–Kier alpha value is -1.61. The van der Waals surface area contributed by atoms with Gasteiger partial charge in [0.25, 0.3) is 0 Å². The van der Waals surface area contributed by atoms with Crippen molar-refractivity contribution in [2.24, 2.45) is 5.92 Å². The van der Waals surface area contributed by atoms with Gasteiger partial charge < -0.3 is 14.7 Å². The first-order valence-electron chi connectivity index (χ1n) is 9.43. The van der Waals surface area contributed by atoms with Crippen LogP contribution < -0.4 is 0 Å². The first kappa shape index (κ1) is 21.7. The Morgan fingerprint density at radius 3 is 2.41 bits per heavy atom. The number of carbonyl (C=O) groups is 4. The van der Waals surface area contributed by atoms with E-state index in [9.17, 15) is 24.3 Å². The van der Waals surface area contributed by atoms with Crippen LogP contribution in [0.15, 0.2) is 0 Å². The number of nitrogens with zero attached hydrogens (tertiary/aromatic N) is 2. The van der Waals surface area contributed by atoms with Gasteiger partial charge in [0.1, 0.15) is 12.6 Å². The third-order valence-electron chi connectivity index (χ3n) is 5.42. The van der Waals surface area contributed by atoms with E-state index in [2.05, 4.69) is 0 Å². The van der Waals surface area contributed by atoms with Gasteiger partial charge >= 0.3 is 18.1 Å². The summed E-state index contributed by atoms with van der Waals surface area (Å²) in [6.07, 6.45) is 1.03. The second kappa shape index (κ2) is 9.05. The molecule has 0 spiro atoms. The Bertz CT molecular complexity index is 607. The number of carboxylic acid groups (broad SMARTS) is 1. The van der Waals surface area contributed by atoms with Crippen LogP contribution in [-0.2, 0) is 14.3 Å². The van der Waals surface area contributed by atoms with Gasteiger partial charge in [-0.3, -0.25) is 4.79 Å². The minimum Gasteiger partial charge on any atom is -0.440 e. The third-order valence-corrected chi connectivity index (χ3v) is 6.50. The fourth-order valence-electron chi connectivity index (χ4n) is 3.89. The molecule has 0 bridgehead atoms. The maximum absolute atomic E-state index is 13.0. The second-order valence-corrected chi connectivity index (χ2v) is 8.71. The molecule has 8 nitrogen and oxygen atoms in total. The molecule has 0 aliphatic carbocycles. The highest BCUT2D eigenvalue weighted by Gasteiger charge is 2.58. The fourth-order valence-corrected chi connectivity index (χ4v) is 4.52. The predicted molar refractivity (Wildman–Crippen MR) is 100 cm³/mol. The number of hydrogen-bond donors (Lipinski definition) is 1. The van der Waals surface area contributed by atoms with E-state index >= 15 is 0 Å². The van der Waals surface area contributed by atoms with Crippen molar-refractivity contribution < 1.29 is 33.5 Å². The number of amides is 3. The van der Waals surface area contributed by atoms with Crippen molar-refractivity contribution in [2.45, 2.75) is 58.6 Å². The lowest BCUT2D eigenvalue weighted by atomic mass is 10.1. The third kappa shape index (κ3) is 4.82. The zero-order valence-electron chi connectivity index (χ0n) is 16.2. The average Bonchev–Trinajstić information content (AvgIpc) is 2.96. The van der Waals surface area contributed by atoms with Crippen molar-refractivity contribution >= 4 is 35.0 Å². The summed E-state index contributed by atoms with van der Waals surface area (Å²) < 4.78 is 4.80. The molecule has 27 heavy (non-hydrogen) atoms. The van der Waals surface area contributed by atoms with Gasteiger partial charge in [0.05, 0.1) is 5.92 Å². The molecule has 3 amide bonds. The van der Waals surface area contributed by atoms with Crippen LogP contribution in [0.1, 0.15) is 46.5 Å². The molecule has 4 atom stereocenters. The summed E-state index contributed by atoms with van der Waals surface area (Å²) in [6, 6.07) is -0.501. The van der Waals surface area contributed by atoms with Crippen LogP contribution in [0.2, 0.25) is 0 Å². The summed E-state index contributed by atoms with van der Waals surface area (Å²) in [5.41, 5.74) is 0. The van der Waals surface area contributed by atoms with E-state index in [-0.39, 0.29) is 17.4 Å². The normalized spacial score (nSPS) is 29.2. The van der Waals surface area contributed by atoms with Crippen LogP contribution in [0.25, 0.3) is 0 Å². The summed E-state index contributed by atoms with van der Waals surface area (Å²) in [4.78, 5) is 50.2. The van der Waals surface area contributed by atoms with E-state index in [0.29, 0.717) is 19.5 Å². The standard InChI is InChI=1S/C18H28N2O6S/c1-12(11-27-14(3)21)16(22)20(18(24)25)10-15(9-13(20)2)26-17(23)19-7-5-4-6-8-19/h12-13,15H,4-11H2,1-3H3/p+1/t12?,13-,15+,20-/m1/s1. The van der Waals surface area contributed by atoms with Gasteiger partial charge in [-0.2, -0.15) is 9.28 Å². The molecule has 0 aromatic heterocycles. The molecule has 1 N–H and O–H groups in total. The number of ether oxygens (including phenoxy) is 1. The highest BCUT2D eigenvalue weighted by atomic mass is 32.2. The summed E-state index contributed by atoms with van der Waals surface area (Å²) in [5.74, 6) is -0.791. The van der Waals surface area contributed by atoms with Gasteiger partial charge in [0.15, 0.2) is 11.2 Å². The molecular weight excluding hydrogens is 372 g/mol. The van der Waals surface area contributed by atoms with E-state index < -0.39 is 40.6 Å². The van der Waals surface area contributed by atoms with Gasteiger partial charge in [-0.05, 0) is 33.1 Å². The zero-order chi connectivity index (χ0) is 20.2. The molecule has 2 saturated heterocycles. The van der Waals surface area contributed by atoms with E-state index in [1.165, 1.54) is 6.92 Å². The number of rotatable bonds is 4. The molecule has 2 rings (SSSR count). The van der Waals surface area contributed by atoms with E-state index in [0.717, 1.165) is 31.0 Å². The largest absolute Gasteiger partial charge is 0.521 e. The quantitative estimate of drug-likeness (QED) is 0.723. The number of likely N-dealkylation sites (tertiary alicyclic amines) is 2. The van der Waals surface area contributed by atoms with Gasteiger partial charge in [-0.1, -0.05) is 11.8 Å². The van der Waals surface area contributed by atoms with E-state index in [4.69, 9.17) is 4.74 Å². The molecule has 9 heteroatoms. The number of piperidine rings is 1. The topological polar surface area (TPSA) is 101 Å². The van der Waals surface area contributed by atoms with Crippen LogP contribution >= 0.6 is 11.8 Å². The smallest absolute Gasteiger partial charge is 0.440 e. The molecule has 0 aromatic rings. The lowest BCUT2D eigenvalue weighted by Crippen LogP contribution is -2.61. The summed E-state index contributed by atoms with van der Waals surface area (Å²) >= 11 is 1.01. The van der Waals surface area contributed by atoms with Crippen molar-refractivity contribution in [2.75, 3.05) is 25.4 Å². The molecule has 2 aliphatic heterocycles. The minimum atomic E-state index is -1.23. The van der Waals surface area contributed by atoms with Crippen LogP contribution in [0.4, 0.5) is 9.59 Å². The SMILES string of the molecule is CC(=O)SCC(C)C(=O)[N@@+]1(C(=O)O)C[C@@H](OC(=O)N2CCCCC2)C[C@H]1C. The fraction of sp³-hybridized carbons (Fsp3) is 0.778. The first-order chi connectivity index (χ1) is 12.7. The molecule has 0 aromatic carbocycles. The molecule has 2 heterocycles. The number of imide groups is 1. The monoisotopic (exact) mass is 401 g/mol. The Balaban J connectivity index is 2.08. The van der Waals surface area contributed by atoms with Crippen molar-refractivity contribution in [3.8, 4) is 0 Å². The number of thioether (sulfide) groups is 1. The van der Waals surface area contributed by atoms with E-state index in [1.807, 2.05) is 0 Å². The number of quaternary nitrogens is 1. The van der Waals surface area contributed by atoms with Gasteiger partial charge in [-0.25, -0.2) is 9.59 Å². The van der Waals surface area contributed by atoms with Crippen LogP contribution in [0, 0.1) is 5.92 Å². The first-order valence-corrected chi connectivity index (χ1v) is 10.4. The van der Waals surface area contributed by atoms with Crippen molar-refractivity contribution in [1.82, 2.24) is 4.90 Å². The van der Waals surface area contributed by atoms with Crippen LogP contribution in [0.5, 0.6) is 0 Å². The highest BCUT2D eigenvalue weighted by molar-refractivity contribution is 8.13. The molecule has 2 fully saturated rings. The molecule has 0 saturated carbocycles. The van der Waals surface area contributed by atoms with Crippen LogP contribution in [0.3, 0.4) is 0 Å². The summed E-state index contributed by atoms with van der Waals surface area (Å²) in [5, 5.41) is 9.75. The number of carbonyl (C=O) groups excluding carboxylic acids is 3. The Morgan fingerprint density at radius 1 is 1.22 bits per heavy atom. The lowest BCUT2D eigenvalue weighted by Gasteiger charge is -2.31. The molecular formula is C18H29N2O6S+. The average molecular weight is 402 g/mol. The summed E-state index contributed by atoms with van der Waals surface area (Å²) in [6.45, 7) is 5.99. The van der Waals surface area contributed by atoms with Gasteiger partial charge in [0.2, 0.25) is 0 Å². The Kier molecular flexibility index (Phi) is 7.27. The molecule has 2 aliphatic rings. The minimum absolute atomic E-state index is 0.0655. The zero-order valence-corrected chi connectivity index (χ0v) is 17.0. The summed E-state index contributed by atoms with van der Waals surface area (Å²) in [7, 11) is 0. The van der Waals surface area contributed by atoms with E-state index in [1.54, 1.807) is 18.7 Å². The predicted octanol–water partition coefficient (Wildman–Crippen LogP) is 2.71. The molecule has 0 radical (unpaired) electrons. The second-order valence-electron chi connectivity index (χ2n) is 7.51. The molecule has 152 valence electrons. The highest BCUT2D eigenvalue weighted by Crippen LogP contribution is 2.33. The van der Waals surface area contributed by atoms with Crippen LogP contribution in [-0.4, -0.2) is 75.2 Å². The Labute approximate surface area is 163 Å². The van der Waals surface area contributed by atoms with Gasteiger partial charge in [0, 0.05) is 32.2 Å². The van der Waals surface area contributed by atoms with Crippen molar-refractivity contribution in [3.05, 3.63) is 0 Å².